The van der Waals surface area contributed by atoms with E-state index in [-0.39, 0.29) is 0 Å². The molecule has 11 heavy (non-hydrogen) atoms. The summed E-state index contributed by atoms with van der Waals surface area (Å²) in [7, 11) is 1.15. The smallest absolute Gasteiger partial charge is 0.407 e. The van der Waals surface area contributed by atoms with Crippen LogP contribution in [0.3, 0.4) is 0 Å². The molecule has 0 heterocycles. The Labute approximate surface area is 62.9 Å². The molecule has 1 atom stereocenters. The van der Waals surface area contributed by atoms with Crippen LogP contribution in [0, 0.1) is 4.91 Å². The van der Waals surface area contributed by atoms with Crippen molar-refractivity contribution in [2.75, 3.05) is 7.11 Å². The molecule has 0 saturated heterocycles. The number of hydrogen-bond donors (Lipinski definition) is 1. The lowest BCUT2D eigenvalue weighted by molar-refractivity contribution is -0.119. The molecule has 0 aliphatic heterocycles. The number of carbonyl (C=O) groups excluding carboxylic acids is 2. The first-order valence-corrected chi connectivity index (χ1v) is 2.83. The number of hydrogen-bond acceptors (Lipinski definition) is 4. The van der Waals surface area contributed by atoms with Crippen molar-refractivity contribution in [1.82, 2.24) is 5.32 Å². The second-order valence-corrected chi connectivity index (χ2v) is 1.79. The van der Waals surface area contributed by atoms with Crippen molar-refractivity contribution in [2.45, 2.75) is 13.0 Å². The highest BCUT2D eigenvalue weighted by molar-refractivity contribution is 5.85. The minimum absolute atomic E-state index is 0.769. The maximum absolute atomic E-state index is 10.4. The summed E-state index contributed by atoms with van der Waals surface area (Å²) in [5.41, 5.74) is 0. The van der Waals surface area contributed by atoms with E-state index < -0.39 is 18.0 Å². The number of nitrogens with zero attached hydrogens (tertiary/aromatic N) is 1. The van der Waals surface area contributed by atoms with Crippen LogP contribution in [0.25, 0.3) is 0 Å². The average Bonchev–Trinajstić information content (AvgIpc) is 2.02. The second-order valence-electron chi connectivity index (χ2n) is 1.79. The highest BCUT2D eigenvalue weighted by atomic mass is 16.5. The topological polar surface area (TPSA) is 84.8 Å². The number of nitroso groups, excluding NO2 is 1. The van der Waals surface area contributed by atoms with Crippen molar-refractivity contribution in [3.63, 3.8) is 0 Å². The number of amides is 2. The maximum Gasteiger partial charge on any atom is 0.407 e. The van der Waals surface area contributed by atoms with E-state index in [0.717, 1.165) is 7.11 Å². The highest BCUT2D eigenvalue weighted by Gasteiger charge is 2.15. The van der Waals surface area contributed by atoms with Crippen molar-refractivity contribution in [3.8, 4) is 0 Å². The van der Waals surface area contributed by atoms with Crippen LogP contribution in [0.1, 0.15) is 6.92 Å². The molecule has 6 heteroatoms. The number of ether oxygens (including phenoxy) is 1. The number of rotatable bonds is 2. The van der Waals surface area contributed by atoms with E-state index in [0.29, 0.717) is 0 Å². The van der Waals surface area contributed by atoms with E-state index >= 15 is 0 Å². The molecule has 0 aromatic heterocycles. The lowest BCUT2D eigenvalue weighted by atomic mass is 10.3. The van der Waals surface area contributed by atoms with Gasteiger partial charge in [-0.05, 0) is 6.92 Å². The van der Waals surface area contributed by atoms with E-state index in [1.807, 2.05) is 0 Å². The van der Waals surface area contributed by atoms with E-state index in [2.05, 4.69) is 15.2 Å². The molecule has 62 valence electrons. The van der Waals surface area contributed by atoms with Crippen molar-refractivity contribution in [3.05, 3.63) is 4.91 Å². The standard InChI is InChI=1S/C5H8N2O4/c1-3(4(8)7-10)6-5(9)11-2/h3H,1-2H3,(H,6,9)/t3-/m1/s1. The Morgan fingerprint density at radius 1 is 1.55 bits per heavy atom. The summed E-state index contributed by atoms with van der Waals surface area (Å²) in [6.07, 6.45) is -0.769. The molecule has 0 radical (unpaired) electrons. The number of carbonyl (C=O) groups is 2. The van der Waals surface area contributed by atoms with Gasteiger partial charge in [-0.15, -0.1) is 4.91 Å². The first-order chi connectivity index (χ1) is 5.11. The summed E-state index contributed by atoms with van der Waals surface area (Å²) in [4.78, 5) is 30.5. The third-order valence-electron chi connectivity index (χ3n) is 0.980. The molecular weight excluding hydrogens is 152 g/mol. The SMILES string of the molecule is COC(=O)N[C@H](C)C(=O)N=O. The fraction of sp³-hybridized carbons (Fsp3) is 0.600. The summed E-state index contributed by atoms with van der Waals surface area (Å²) in [6, 6.07) is -0.931. The van der Waals surface area contributed by atoms with Crippen molar-refractivity contribution in [2.24, 2.45) is 5.18 Å². The molecule has 0 bridgehead atoms. The highest BCUT2D eigenvalue weighted by Crippen LogP contribution is 1.86. The molecule has 0 unspecified atom stereocenters. The van der Waals surface area contributed by atoms with Gasteiger partial charge in [0.05, 0.1) is 7.11 Å². The first-order valence-electron chi connectivity index (χ1n) is 2.83. The molecule has 0 rings (SSSR count). The van der Waals surface area contributed by atoms with Gasteiger partial charge in [0.2, 0.25) is 0 Å². The Hall–Kier alpha value is -1.46. The summed E-state index contributed by atoms with van der Waals surface area (Å²) in [6.45, 7) is 1.33. The predicted molar refractivity (Wildman–Crippen MR) is 35.8 cm³/mol. The fourth-order valence-corrected chi connectivity index (χ4v) is 0.376. The molecule has 0 saturated carbocycles. The number of alkyl carbamates (subject to hydrolysis) is 1. The Bertz CT molecular complexity index is 179. The normalized spacial score (nSPS) is 11.5. The molecule has 0 spiro atoms. The van der Waals surface area contributed by atoms with E-state index in [9.17, 15) is 14.5 Å². The van der Waals surface area contributed by atoms with Gasteiger partial charge < -0.3 is 10.1 Å². The van der Waals surface area contributed by atoms with Gasteiger partial charge in [0.15, 0.2) is 0 Å². The Morgan fingerprint density at radius 3 is 2.45 bits per heavy atom. The van der Waals surface area contributed by atoms with Gasteiger partial charge in [-0.1, -0.05) is 0 Å². The molecule has 0 aliphatic rings. The molecule has 0 aromatic carbocycles. The molecule has 1 N–H and O–H groups in total. The Morgan fingerprint density at radius 2 is 2.09 bits per heavy atom. The largest absolute Gasteiger partial charge is 0.453 e. The number of methoxy groups -OCH3 is 1. The van der Waals surface area contributed by atoms with Crippen LogP contribution in [-0.4, -0.2) is 25.2 Å². The monoisotopic (exact) mass is 160 g/mol. The number of nitrogens with one attached hydrogen (secondary N) is 1. The Kier molecular flexibility index (Phi) is 3.79. The van der Waals surface area contributed by atoms with Crippen LogP contribution < -0.4 is 5.32 Å². The Balaban J connectivity index is 3.86. The van der Waals surface area contributed by atoms with Crippen LogP contribution in [0.2, 0.25) is 0 Å². The maximum atomic E-state index is 10.4. The summed E-state index contributed by atoms with van der Waals surface area (Å²) in [5.74, 6) is -0.935. The van der Waals surface area contributed by atoms with Crippen LogP contribution in [0.15, 0.2) is 5.18 Å². The van der Waals surface area contributed by atoms with Crippen molar-refractivity contribution >= 4 is 12.0 Å². The van der Waals surface area contributed by atoms with Gasteiger partial charge in [-0.3, -0.25) is 4.79 Å². The minimum atomic E-state index is -0.935. The molecule has 0 fully saturated rings. The first kappa shape index (κ1) is 9.54. The van der Waals surface area contributed by atoms with Crippen molar-refractivity contribution < 1.29 is 14.3 Å². The molecule has 2 amide bonds. The van der Waals surface area contributed by atoms with Gasteiger partial charge in [0.1, 0.15) is 6.04 Å². The van der Waals surface area contributed by atoms with E-state index in [4.69, 9.17) is 0 Å². The van der Waals surface area contributed by atoms with Crippen molar-refractivity contribution in [1.29, 1.82) is 0 Å². The third-order valence-corrected chi connectivity index (χ3v) is 0.980. The van der Waals surface area contributed by atoms with Crippen LogP contribution >= 0.6 is 0 Å². The van der Waals surface area contributed by atoms with Gasteiger partial charge >= 0.3 is 12.0 Å². The quantitative estimate of drug-likeness (QED) is 0.577. The van der Waals surface area contributed by atoms with E-state index in [1.54, 1.807) is 0 Å². The van der Waals surface area contributed by atoms with Gasteiger partial charge in [0, 0.05) is 5.18 Å². The lowest BCUT2D eigenvalue weighted by Gasteiger charge is -2.05. The fourth-order valence-electron chi connectivity index (χ4n) is 0.376. The molecular formula is C5H8N2O4. The molecule has 6 nitrogen and oxygen atoms in total. The zero-order valence-electron chi connectivity index (χ0n) is 6.16. The second kappa shape index (κ2) is 4.37. The summed E-state index contributed by atoms with van der Waals surface area (Å²) < 4.78 is 4.17. The average molecular weight is 160 g/mol. The molecule has 0 aromatic rings. The summed E-state index contributed by atoms with van der Waals surface area (Å²) in [5, 5.41) is 4.19. The lowest BCUT2D eigenvalue weighted by Crippen LogP contribution is -2.37. The van der Waals surface area contributed by atoms with Crippen LogP contribution in [-0.2, 0) is 9.53 Å². The summed E-state index contributed by atoms with van der Waals surface area (Å²) >= 11 is 0. The van der Waals surface area contributed by atoms with E-state index in [1.165, 1.54) is 6.92 Å². The predicted octanol–water partition coefficient (Wildman–Crippen LogP) is 0.0239. The zero-order valence-corrected chi connectivity index (χ0v) is 6.16. The van der Waals surface area contributed by atoms with Gasteiger partial charge in [-0.2, -0.15) is 0 Å². The zero-order chi connectivity index (χ0) is 8.85. The van der Waals surface area contributed by atoms with Crippen LogP contribution in [0.4, 0.5) is 4.79 Å². The van der Waals surface area contributed by atoms with Gasteiger partial charge in [-0.25, -0.2) is 4.79 Å². The minimum Gasteiger partial charge on any atom is -0.453 e. The van der Waals surface area contributed by atoms with Gasteiger partial charge in [0.25, 0.3) is 0 Å². The van der Waals surface area contributed by atoms with Crippen LogP contribution in [0.5, 0.6) is 0 Å². The third kappa shape index (κ3) is 3.29. The molecule has 0 aliphatic carbocycles.